The maximum Gasteiger partial charge on any atom is 0.338 e. The van der Waals surface area contributed by atoms with Gasteiger partial charge in [0.05, 0.1) is 16.6 Å². The van der Waals surface area contributed by atoms with Gasteiger partial charge < -0.3 is 10.1 Å². The lowest BCUT2D eigenvalue weighted by molar-refractivity contribution is -0.123. The fraction of sp³-hybridized carbons (Fsp3) is 0.200. The number of benzene rings is 2. The standard InChI is InChI=1S/C20H19N3O3/c1-12-4-5-13(2)17(10-12)23-19(24)14(3)26-20(25)15-6-7-16-18(11-15)22-9-8-21-16/h4-11,14H,1-3H3,(H,23,24)/t14-/m1/s1. The molecule has 0 bridgehead atoms. The first-order valence-corrected chi connectivity index (χ1v) is 8.24. The van der Waals surface area contributed by atoms with Crippen LogP contribution in [0.5, 0.6) is 0 Å². The Bertz CT molecular complexity index is 985. The van der Waals surface area contributed by atoms with Crippen molar-refractivity contribution in [3.8, 4) is 0 Å². The summed E-state index contributed by atoms with van der Waals surface area (Å²) in [6, 6.07) is 10.7. The van der Waals surface area contributed by atoms with Gasteiger partial charge in [-0.3, -0.25) is 14.8 Å². The first-order chi connectivity index (χ1) is 12.4. The normalized spacial score (nSPS) is 11.8. The minimum atomic E-state index is -0.931. The number of carbonyl (C=O) groups is 2. The molecule has 0 aliphatic rings. The van der Waals surface area contributed by atoms with Crippen LogP contribution in [-0.4, -0.2) is 27.9 Å². The third-order valence-electron chi connectivity index (χ3n) is 4.01. The summed E-state index contributed by atoms with van der Waals surface area (Å²) in [4.78, 5) is 33.0. The lowest BCUT2D eigenvalue weighted by Gasteiger charge is -2.15. The summed E-state index contributed by atoms with van der Waals surface area (Å²) in [5.74, 6) is -0.964. The van der Waals surface area contributed by atoms with Gasteiger partial charge in [-0.1, -0.05) is 12.1 Å². The van der Waals surface area contributed by atoms with E-state index in [9.17, 15) is 9.59 Å². The number of aromatic nitrogens is 2. The van der Waals surface area contributed by atoms with E-state index in [1.165, 1.54) is 0 Å². The van der Waals surface area contributed by atoms with Gasteiger partial charge in [0.15, 0.2) is 6.10 Å². The summed E-state index contributed by atoms with van der Waals surface area (Å²) < 4.78 is 5.29. The molecule has 0 saturated carbocycles. The van der Waals surface area contributed by atoms with Crippen LogP contribution in [0.1, 0.15) is 28.4 Å². The molecule has 26 heavy (non-hydrogen) atoms. The van der Waals surface area contributed by atoms with E-state index in [0.717, 1.165) is 11.1 Å². The largest absolute Gasteiger partial charge is 0.449 e. The second-order valence-corrected chi connectivity index (χ2v) is 6.11. The summed E-state index contributed by atoms with van der Waals surface area (Å²) in [5, 5.41) is 2.80. The molecule has 0 unspecified atom stereocenters. The van der Waals surface area contributed by atoms with E-state index in [2.05, 4.69) is 15.3 Å². The molecule has 1 aromatic heterocycles. The van der Waals surface area contributed by atoms with E-state index in [-0.39, 0.29) is 5.91 Å². The number of anilines is 1. The Hall–Kier alpha value is -3.28. The van der Waals surface area contributed by atoms with Crippen molar-refractivity contribution in [2.24, 2.45) is 0 Å². The van der Waals surface area contributed by atoms with Crippen molar-refractivity contribution in [3.63, 3.8) is 0 Å². The summed E-state index contributed by atoms with van der Waals surface area (Å²) in [6.07, 6.45) is 2.21. The van der Waals surface area contributed by atoms with Gasteiger partial charge in [0.25, 0.3) is 5.91 Å². The van der Waals surface area contributed by atoms with Crippen LogP contribution >= 0.6 is 0 Å². The second-order valence-electron chi connectivity index (χ2n) is 6.11. The number of fused-ring (bicyclic) bond motifs is 1. The number of hydrogen-bond donors (Lipinski definition) is 1. The molecule has 1 heterocycles. The van der Waals surface area contributed by atoms with Crippen LogP contribution in [0, 0.1) is 13.8 Å². The van der Waals surface area contributed by atoms with Gasteiger partial charge in [-0.15, -0.1) is 0 Å². The highest BCUT2D eigenvalue weighted by Crippen LogP contribution is 2.17. The Morgan fingerprint density at radius 1 is 1.00 bits per heavy atom. The van der Waals surface area contributed by atoms with E-state index in [0.29, 0.717) is 22.3 Å². The SMILES string of the molecule is Cc1ccc(C)c(NC(=O)[C@@H](C)OC(=O)c2ccc3nccnc3c2)c1. The van der Waals surface area contributed by atoms with Crippen LogP contribution < -0.4 is 5.32 Å². The van der Waals surface area contributed by atoms with Gasteiger partial charge in [-0.05, 0) is 56.2 Å². The predicted octanol–water partition coefficient (Wildman–Crippen LogP) is 3.43. The lowest BCUT2D eigenvalue weighted by Crippen LogP contribution is -2.30. The van der Waals surface area contributed by atoms with Gasteiger partial charge in [-0.25, -0.2) is 4.79 Å². The van der Waals surface area contributed by atoms with Crippen molar-refractivity contribution in [2.75, 3.05) is 5.32 Å². The molecule has 0 aliphatic heterocycles. The quantitative estimate of drug-likeness (QED) is 0.730. The minimum Gasteiger partial charge on any atom is -0.449 e. The highest BCUT2D eigenvalue weighted by molar-refractivity contribution is 5.98. The number of amides is 1. The molecule has 6 heteroatoms. The molecule has 0 fully saturated rings. The van der Waals surface area contributed by atoms with Crippen LogP contribution in [0.4, 0.5) is 5.69 Å². The third-order valence-corrected chi connectivity index (χ3v) is 4.01. The molecule has 3 aromatic rings. The highest BCUT2D eigenvalue weighted by atomic mass is 16.5. The maximum atomic E-state index is 12.3. The fourth-order valence-electron chi connectivity index (χ4n) is 2.48. The van der Waals surface area contributed by atoms with Crippen LogP contribution in [0.2, 0.25) is 0 Å². The van der Waals surface area contributed by atoms with Crippen molar-refractivity contribution in [2.45, 2.75) is 26.9 Å². The number of ether oxygens (including phenoxy) is 1. The molecule has 1 N–H and O–H groups in total. The van der Waals surface area contributed by atoms with Crippen molar-refractivity contribution >= 4 is 28.6 Å². The van der Waals surface area contributed by atoms with Gasteiger partial charge in [0.1, 0.15) is 0 Å². The average Bonchev–Trinajstić information content (AvgIpc) is 2.64. The molecular formula is C20H19N3O3. The molecule has 2 aromatic carbocycles. The summed E-state index contributed by atoms with van der Waals surface area (Å²) in [5.41, 5.74) is 4.28. The van der Waals surface area contributed by atoms with Crippen molar-refractivity contribution in [1.82, 2.24) is 9.97 Å². The van der Waals surface area contributed by atoms with Gasteiger partial charge in [-0.2, -0.15) is 0 Å². The Kier molecular flexibility index (Phi) is 4.93. The van der Waals surface area contributed by atoms with E-state index in [4.69, 9.17) is 4.74 Å². The maximum absolute atomic E-state index is 12.3. The van der Waals surface area contributed by atoms with Crippen LogP contribution in [0.3, 0.4) is 0 Å². The Labute approximate surface area is 151 Å². The molecular weight excluding hydrogens is 330 g/mol. The first-order valence-electron chi connectivity index (χ1n) is 8.24. The zero-order valence-corrected chi connectivity index (χ0v) is 14.8. The molecule has 0 radical (unpaired) electrons. The molecule has 3 rings (SSSR count). The molecule has 0 aliphatic carbocycles. The fourth-order valence-corrected chi connectivity index (χ4v) is 2.48. The highest BCUT2D eigenvalue weighted by Gasteiger charge is 2.20. The van der Waals surface area contributed by atoms with E-state index in [1.54, 1.807) is 37.5 Å². The van der Waals surface area contributed by atoms with Gasteiger partial charge in [0.2, 0.25) is 0 Å². The number of rotatable bonds is 4. The smallest absolute Gasteiger partial charge is 0.338 e. The van der Waals surface area contributed by atoms with Crippen molar-refractivity contribution in [3.05, 3.63) is 65.5 Å². The van der Waals surface area contributed by atoms with Crippen LogP contribution in [0.15, 0.2) is 48.8 Å². The zero-order chi connectivity index (χ0) is 18.7. The van der Waals surface area contributed by atoms with Crippen LogP contribution in [0.25, 0.3) is 11.0 Å². The number of aryl methyl sites for hydroxylation is 2. The van der Waals surface area contributed by atoms with E-state index < -0.39 is 12.1 Å². The molecule has 0 saturated heterocycles. The second kappa shape index (κ2) is 7.31. The van der Waals surface area contributed by atoms with Crippen molar-refractivity contribution < 1.29 is 14.3 Å². The van der Waals surface area contributed by atoms with Crippen molar-refractivity contribution in [1.29, 1.82) is 0 Å². The summed E-state index contributed by atoms with van der Waals surface area (Å²) >= 11 is 0. The summed E-state index contributed by atoms with van der Waals surface area (Å²) in [6.45, 7) is 5.39. The molecule has 132 valence electrons. The predicted molar refractivity (Wildman–Crippen MR) is 99.0 cm³/mol. The Morgan fingerprint density at radius 2 is 1.73 bits per heavy atom. The number of nitrogens with one attached hydrogen (secondary N) is 1. The Balaban J connectivity index is 1.69. The lowest BCUT2D eigenvalue weighted by atomic mass is 10.1. The van der Waals surface area contributed by atoms with Crippen LogP contribution in [-0.2, 0) is 9.53 Å². The van der Waals surface area contributed by atoms with Gasteiger partial charge in [0, 0.05) is 18.1 Å². The number of esters is 1. The first kappa shape index (κ1) is 17.5. The number of carbonyl (C=O) groups excluding carboxylic acids is 2. The molecule has 0 spiro atoms. The topological polar surface area (TPSA) is 81.2 Å². The number of nitrogens with zero attached hydrogens (tertiary/aromatic N) is 2. The molecule has 6 nitrogen and oxygen atoms in total. The zero-order valence-electron chi connectivity index (χ0n) is 14.8. The molecule has 1 atom stereocenters. The summed E-state index contributed by atoms with van der Waals surface area (Å²) in [7, 11) is 0. The average molecular weight is 349 g/mol. The molecule has 1 amide bonds. The number of hydrogen-bond acceptors (Lipinski definition) is 5. The van der Waals surface area contributed by atoms with E-state index in [1.807, 2.05) is 32.0 Å². The Morgan fingerprint density at radius 3 is 2.50 bits per heavy atom. The van der Waals surface area contributed by atoms with E-state index >= 15 is 0 Å². The minimum absolute atomic E-state index is 0.324. The monoisotopic (exact) mass is 349 g/mol. The third kappa shape index (κ3) is 3.85. The van der Waals surface area contributed by atoms with Gasteiger partial charge >= 0.3 is 5.97 Å².